The Morgan fingerprint density at radius 2 is 1.88 bits per heavy atom. The number of halogens is 2. The molecule has 1 saturated heterocycles. The average molecular weight is 343 g/mol. The van der Waals surface area contributed by atoms with E-state index in [-0.39, 0.29) is 17.6 Å². The monoisotopic (exact) mass is 343 g/mol. The van der Waals surface area contributed by atoms with E-state index in [1.807, 2.05) is 6.07 Å². The first kappa shape index (κ1) is 16.5. The lowest BCUT2D eigenvalue weighted by Crippen LogP contribution is -2.37. The summed E-state index contributed by atoms with van der Waals surface area (Å²) in [5.41, 5.74) is 3.41. The molecule has 4 heteroatoms. The van der Waals surface area contributed by atoms with Crippen molar-refractivity contribution in [2.45, 2.75) is 44.8 Å². The summed E-state index contributed by atoms with van der Waals surface area (Å²) >= 11 is 0. The van der Waals surface area contributed by atoms with Crippen LogP contribution in [0.25, 0.3) is 0 Å². The van der Waals surface area contributed by atoms with E-state index in [2.05, 4.69) is 31.3 Å². The number of fused-ring (bicyclic) bond motifs is 3. The minimum Gasteiger partial charge on any atom is -0.377 e. The maximum Gasteiger partial charge on any atom is 0.131 e. The van der Waals surface area contributed by atoms with Gasteiger partial charge in [0.15, 0.2) is 0 Å². The molecule has 0 spiro atoms. The van der Waals surface area contributed by atoms with Gasteiger partial charge in [-0.1, -0.05) is 32.0 Å². The standard InChI is InChI=1S/C21H23F2NO/c1-12(2)13-8-9-18-15(11-13)21-14(5-4-10-25-21)20(24-18)19-16(22)6-3-7-17(19)23/h3,6-9,11-12,14,20-21,24H,4-5,10H2,1-2H3/t14-,20?,21-/m1/s1. The molecule has 2 nitrogen and oxygen atoms in total. The lowest BCUT2D eigenvalue weighted by molar-refractivity contribution is -0.0388. The molecule has 132 valence electrons. The van der Waals surface area contributed by atoms with Crippen LogP contribution in [0, 0.1) is 17.6 Å². The molecule has 25 heavy (non-hydrogen) atoms. The fourth-order valence-corrected chi connectivity index (χ4v) is 4.14. The van der Waals surface area contributed by atoms with Crippen molar-refractivity contribution in [3.8, 4) is 0 Å². The molecule has 2 aromatic carbocycles. The Kier molecular flexibility index (Phi) is 4.24. The van der Waals surface area contributed by atoms with E-state index in [1.54, 1.807) is 0 Å². The van der Waals surface area contributed by atoms with E-state index in [9.17, 15) is 8.78 Å². The number of hydrogen-bond donors (Lipinski definition) is 1. The summed E-state index contributed by atoms with van der Waals surface area (Å²) in [6, 6.07) is 9.94. The highest BCUT2D eigenvalue weighted by molar-refractivity contribution is 5.58. The average Bonchev–Trinajstić information content (AvgIpc) is 2.61. The van der Waals surface area contributed by atoms with Crippen LogP contribution in [-0.4, -0.2) is 6.61 Å². The Balaban J connectivity index is 1.81. The molecule has 2 aliphatic heterocycles. The smallest absolute Gasteiger partial charge is 0.131 e. The van der Waals surface area contributed by atoms with Crippen molar-refractivity contribution in [1.29, 1.82) is 0 Å². The van der Waals surface area contributed by atoms with Gasteiger partial charge in [-0.15, -0.1) is 0 Å². The molecule has 0 saturated carbocycles. The first-order valence-corrected chi connectivity index (χ1v) is 9.02. The lowest BCUT2D eigenvalue weighted by Gasteiger charge is -2.43. The number of anilines is 1. The Hall–Kier alpha value is -1.94. The van der Waals surface area contributed by atoms with Crippen molar-refractivity contribution in [2.75, 3.05) is 11.9 Å². The van der Waals surface area contributed by atoms with Gasteiger partial charge in [-0.25, -0.2) is 8.78 Å². The third-order valence-corrected chi connectivity index (χ3v) is 5.47. The molecule has 0 amide bonds. The molecule has 4 rings (SSSR count). The van der Waals surface area contributed by atoms with Crippen LogP contribution in [-0.2, 0) is 4.74 Å². The second-order valence-electron chi connectivity index (χ2n) is 7.36. The Morgan fingerprint density at radius 1 is 1.12 bits per heavy atom. The molecule has 0 aliphatic carbocycles. The molecule has 0 radical (unpaired) electrons. The number of ether oxygens (including phenoxy) is 1. The summed E-state index contributed by atoms with van der Waals surface area (Å²) in [5, 5.41) is 3.40. The lowest BCUT2D eigenvalue weighted by atomic mass is 9.76. The molecule has 3 atom stereocenters. The number of benzene rings is 2. The molecule has 0 aromatic heterocycles. The van der Waals surface area contributed by atoms with E-state index in [4.69, 9.17) is 4.74 Å². The second-order valence-corrected chi connectivity index (χ2v) is 7.36. The maximum atomic E-state index is 14.4. The van der Waals surface area contributed by atoms with Gasteiger partial charge in [0.05, 0.1) is 12.1 Å². The van der Waals surface area contributed by atoms with Gasteiger partial charge in [0, 0.05) is 29.3 Å². The summed E-state index contributed by atoms with van der Waals surface area (Å²) in [6.07, 6.45) is 1.68. The molecule has 2 aliphatic rings. The molecule has 1 N–H and O–H groups in total. The van der Waals surface area contributed by atoms with E-state index in [0.717, 1.165) is 24.1 Å². The van der Waals surface area contributed by atoms with Crippen LogP contribution in [0.3, 0.4) is 0 Å². The minimum atomic E-state index is -0.496. The maximum absolute atomic E-state index is 14.4. The minimum absolute atomic E-state index is 0.0232. The van der Waals surface area contributed by atoms with Gasteiger partial charge in [-0.3, -0.25) is 0 Å². The van der Waals surface area contributed by atoms with Crippen molar-refractivity contribution < 1.29 is 13.5 Å². The van der Waals surface area contributed by atoms with Gasteiger partial charge >= 0.3 is 0 Å². The van der Waals surface area contributed by atoms with Crippen LogP contribution in [0.5, 0.6) is 0 Å². The second kappa shape index (κ2) is 6.41. The summed E-state index contributed by atoms with van der Waals surface area (Å²) in [5.74, 6) is -0.544. The zero-order chi connectivity index (χ0) is 17.6. The van der Waals surface area contributed by atoms with Gasteiger partial charge in [0.1, 0.15) is 11.6 Å². The number of nitrogens with one attached hydrogen (secondary N) is 1. The van der Waals surface area contributed by atoms with Gasteiger partial charge < -0.3 is 10.1 Å². The third-order valence-electron chi connectivity index (χ3n) is 5.47. The van der Waals surface area contributed by atoms with Crippen molar-refractivity contribution in [2.24, 2.45) is 5.92 Å². The first-order valence-electron chi connectivity index (χ1n) is 9.02. The predicted octanol–water partition coefficient (Wildman–Crippen LogP) is 5.72. The SMILES string of the molecule is CC(C)c1ccc2c(c1)[C@@H]1OCCC[C@@H]1C(c1c(F)cccc1F)N2. The molecular formula is C21H23F2NO. The first-order chi connectivity index (χ1) is 12.1. The van der Waals surface area contributed by atoms with Crippen molar-refractivity contribution in [3.63, 3.8) is 0 Å². The van der Waals surface area contributed by atoms with Crippen LogP contribution in [0.1, 0.15) is 61.4 Å². The van der Waals surface area contributed by atoms with Crippen molar-refractivity contribution >= 4 is 5.69 Å². The molecule has 1 fully saturated rings. The van der Waals surface area contributed by atoms with Crippen LogP contribution in [0.4, 0.5) is 14.5 Å². The van der Waals surface area contributed by atoms with Crippen molar-refractivity contribution in [1.82, 2.24) is 0 Å². The van der Waals surface area contributed by atoms with E-state index >= 15 is 0 Å². The fraction of sp³-hybridized carbons (Fsp3) is 0.429. The highest BCUT2D eigenvalue weighted by Crippen LogP contribution is 2.50. The third kappa shape index (κ3) is 2.82. The number of rotatable bonds is 2. The van der Waals surface area contributed by atoms with E-state index in [1.165, 1.54) is 23.8 Å². The molecular weight excluding hydrogens is 320 g/mol. The van der Waals surface area contributed by atoms with Crippen LogP contribution in [0.2, 0.25) is 0 Å². The zero-order valence-corrected chi connectivity index (χ0v) is 14.6. The fourth-order valence-electron chi connectivity index (χ4n) is 4.14. The zero-order valence-electron chi connectivity index (χ0n) is 14.6. The van der Waals surface area contributed by atoms with Crippen molar-refractivity contribution in [3.05, 3.63) is 64.7 Å². The summed E-state index contributed by atoms with van der Waals surface area (Å²) in [6.45, 7) is 5.02. The molecule has 1 unspecified atom stereocenters. The quantitative estimate of drug-likeness (QED) is 0.753. The predicted molar refractivity (Wildman–Crippen MR) is 94.7 cm³/mol. The summed E-state index contributed by atoms with van der Waals surface area (Å²) < 4.78 is 34.9. The Bertz CT molecular complexity index is 769. The topological polar surface area (TPSA) is 21.3 Å². The molecule has 2 heterocycles. The highest BCUT2D eigenvalue weighted by Gasteiger charge is 2.41. The van der Waals surface area contributed by atoms with Crippen LogP contribution >= 0.6 is 0 Å². The molecule has 2 aromatic rings. The van der Waals surface area contributed by atoms with Gasteiger partial charge in [-0.05, 0) is 42.5 Å². The number of hydrogen-bond acceptors (Lipinski definition) is 2. The largest absolute Gasteiger partial charge is 0.377 e. The van der Waals surface area contributed by atoms with Gasteiger partial charge in [0.2, 0.25) is 0 Å². The van der Waals surface area contributed by atoms with Crippen LogP contribution < -0.4 is 5.32 Å². The summed E-state index contributed by atoms with van der Waals surface area (Å²) in [4.78, 5) is 0. The molecule has 0 bridgehead atoms. The van der Waals surface area contributed by atoms with Gasteiger partial charge in [0.25, 0.3) is 0 Å². The normalized spacial score (nSPS) is 25.2. The van der Waals surface area contributed by atoms with E-state index < -0.39 is 17.7 Å². The highest BCUT2D eigenvalue weighted by atomic mass is 19.1. The Morgan fingerprint density at radius 3 is 2.60 bits per heavy atom. The summed E-state index contributed by atoms with van der Waals surface area (Å²) in [7, 11) is 0. The van der Waals surface area contributed by atoms with Crippen LogP contribution in [0.15, 0.2) is 36.4 Å². The van der Waals surface area contributed by atoms with E-state index in [0.29, 0.717) is 12.5 Å². The Labute approximate surface area is 147 Å². The van der Waals surface area contributed by atoms with Gasteiger partial charge in [-0.2, -0.15) is 0 Å².